The molecule has 1 aliphatic carbocycles. The lowest BCUT2D eigenvalue weighted by atomic mass is 9.94. The van der Waals surface area contributed by atoms with Crippen LogP contribution in [-0.2, 0) is 16.8 Å². The number of amides is 3. The molecule has 0 aromatic heterocycles. The SMILES string of the molecule is O=C1NCCN1CCN(Cc1ccc2c(c1)OCCO2)C(=O)C1(c2ccccc2)CC1. The van der Waals surface area contributed by atoms with E-state index in [4.69, 9.17) is 9.47 Å². The summed E-state index contributed by atoms with van der Waals surface area (Å²) in [6.45, 7) is 3.90. The minimum atomic E-state index is -0.442. The van der Waals surface area contributed by atoms with E-state index >= 15 is 0 Å². The number of benzene rings is 2. The van der Waals surface area contributed by atoms with E-state index in [-0.39, 0.29) is 11.9 Å². The zero-order chi connectivity index (χ0) is 21.3. The molecule has 0 radical (unpaired) electrons. The molecule has 2 aromatic rings. The number of fused-ring (bicyclic) bond motifs is 1. The summed E-state index contributed by atoms with van der Waals surface area (Å²) in [5.41, 5.74) is 1.63. The van der Waals surface area contributed by atoms with Gasteiger partial charge in [0, 0.05) is 32.7 Å². The molecule has 0 bridgehead atoms. The summed E-state index contributed by atoms with van der Waals surface area (Å²) in [6, 6.07) is 15.8. The Morgan fingerprint density at radius 1 is 1.06 bits per heavy atom. The van der Waals surface area contributed by atoms with E-state index in [1.54, 1.807) is 4.90 Å². The highest BCUT2D eigenvalue weighted by molar-refractivity contribution is 5.91. The first kappa shape index (κ1) is 19.7. The number of carbonyl (C=O) groups is 2. The predicted octanol–water partition coefficient (Wildman–Crippen LogP) is 2.54. The Kier molecular flexibility index (Phi) is 5.18. The van der Waals surface area contributed by atoms with E-state index in [2.05, 4.69) is 5.32 Å². The lowest BCUT2D eigenvalue weighted by Crippen LogP contribution is -2.43. The Labute approximate surface area is 181 Å². The van der Waals surface area contributed by atoms with Crippen molar-refractivity contribution in [3.05, 3.63) is 59.7 Å². The summed E-state index contributed by atoms with van der Waals surface area (Å²) in [6.07, 6.45) is 1.72. The van der Waals surface area contributed by atoms with Crippen molar-refractivity contribution in [2.45, 2.75) is 24.8 Å². The van der Waals surface area contributed by atoms with E-state index < -0.39 is 5.41 Å². The van der Waals surface area contributed by atoms with Gasteiger partial charge in [-0.2, -0.15) is 0 Å². The molecule has 0 atom stereocenters. The molecule has 1 saturated carbocycles. The summed E-state index contributed by atoms with van der Waals surface area (Å²) in [4.78, 5) is 29.4. The predicted molar refractivity (Wildman–Crippen MR) is 115 cm³/mol. The number of carbonyl (C=O) groups excluding carboxylic acids is 2. The van der Waals surface area contributed by atoms with Crippen molar-refractivity contribution in [2.24, 2.45) is 0 Å². The molecule has 3 aliphatic rings. The number of nitrogens with zero attached hydrogens (tertiary/aromatic N) is 2. The van der Waals surface area contributed by atoms with Gasteiger partial charge in [-0.3, -0.25) is 4.79 Å². The van der Waals surface area contributed by atoms with Crippen LogP contribution in [0, 0.1) is 0 Å². The van der Waals surface area contributed by atoms with Gasteiger partial charge in [0.05, 0.1) is 5.41 Å². The minimum absolute atomic E-state index is 0.0593. The molecule has 2 aliphatic heterocycles. The molecule has 7 heteroatoms. The van der Waals surface area contributed by atoms with Gasteiger partial charge in [0.1, 0.15) is 13.2 Å². The van der Waals surface area contributed by atoms with Crippen molar-refractivity contribution in [3.8, 4) is 11.5 Å². The quantitative estimate of drug-likeness (QED) is 0.746. The van der Waals surface area contributed by atoms with E-state index in [9.17, 15) is 9.59 Å². The summed E-state index contributed by atoms with van der Waals surface area (Å²) in [7, 11) is 0. The van der Waals surface area contributed by atoms with Gasteiger partial charge in [-0.25, -0.2) is 4.79 Å². The second-order valence-corrected chi connectivity index (χ2v) is 8.37. The van der Waals surface area contributed by atoms with Crippen molar-refractivity contribution in [3.63, 3.8) is 0 Å². The Morgan fingerprint density at radius 3 is 2.55 bits per heavy atom. The van der Waals surface area contributed by atoms with Gasteiger partial charge in [0.2, 0.25) is 5.91 Å². The maximum Gasteiger partial charge on any atom is 0.317 e. The number of nitrogens with one attached hydrogen (secondary N) is 1. The summed E-state index contributed by atoms with van der Waals surface area (Å²) >= 11 is 0. The lowest BCUT2D eigenvalue weighted by molar-refractivity contribution is -0.134. The van der Waals surface area contributed by atoms with Crippen LogP contribution in [0.1, 0.15) is 24.0 Å². The third-order valence-corrected chi connectivity index (χ3v) is 6.34. The Hall–Kier alpha value is -3.22. The molecule has 1 N–H and O–H groups in total. The average Bonchev–Trinajstić information content (AvgIpc) is 3.53. The molecule has 1 saturated heterocycles. The van der Waals surface area contributed by atoms with Crippen LogP contribution in [0.4, 0.5) is 4.79 Å². The van der Waals surface area contributed by atoms with E-state index in [1.165, 1.54) is 0 Å². The highest BCUT2D eigenvalue weighted by Crippen LogP contribution is 2.49. The Morgan fingerprint density at radius 2 is 1.84 bits per heavy atom. The molecule has 162 valence electrons. The van der Waals surface area contributed by atoms with Crippen LogP contribution in [0.5, 0.6) is 11.5 Å². The molecular formula is C24H27N3O4. The van der Waals surface area contributed by atoms with Crippen molar-refractivity contribution < 1.29 is 19.1 Å². The van der Waals surface area contributed by atoms with Crippen LogP contribution in [0.3, 0.4) is 0 Å². The molecule has 31 heavy (non-hydrogen) atoms. The fraction of sp³-hybridized carbons (Fsp3) is 0.417. The van der Waals surface area contributed by atoms with E-state index in [0.717, 1.165) is 35.5 Å². The highest BCUT2D eigenvalue weighted by Gasteiger charge is 2.52. The molecule has 7 nitrogen and oxygen atoms in total. The second kappa shape index (κ2) is 8.13. The maximum atomic E-state index is 13.8. The number of hydrogen-bond acceptors (Lipinski definition) is 4. The summed E-state index contributed by atoms with van der Waals surface area (Å²) in [5.74, 6) is 1.59. The van der Waals surface area contributed by atoms with Crippen LogP contribution in [0.2, 0.25) is 0 Å². The molecule has 3 amide bonds. The summed E-state index contributed by atoms with van der Waals surface area (Å²) in [5, 5.41) is 2.83. The number of rotatable bonds is 7. The van der Waals surface area contributed by atoms with Crippen molar-refractivity contribution >= 4 is 11.9 Å². The van der Waals surface area contributed by atoms with Gasteiger partial charge >= 0.3 is 6.03 Å². The minimum Gasteiger partial charge on any atom is -0.486 e. The van der Waals surface area contributed by atoms with Gasteiger partial charge in [-0.1, -0.05) is 36.4 Å². The number of urea groups is 1. The van der Waals surface area contributed by atoms with Crippen molar-refractivity contribution in [2.75, 3.05) is 39.4 Å². The topological polar surface area (TPSA) is 71.1 Å². The smallest absolute Gasteiger partial charge is 0.317 e. The van der Waals surface area contributed by atoms with Gasteiger partial charge < -0.3 is 24.6 Å². The van der Waals surface area contributed by atoms with Gasteiger partial charge in [0.15, 0.2) is 11.5 Å². The third-order valence-electron chi connectivity index (χ3n) is 6.34. The van der Waals surface area contributed by atoms with E-state index in [0.29, 0.717) is 45.9 Å². The lowest BCUT2D eigenvalue weighted by Gasteiger charge is -2.30. The molecule has 2 aromatic carbocycles. The fourth-order valence-corrected chi connectivity index (χ4v) is 4.44. The van der Waals surface area contributed by atoms with E-state index in [1.807, 2.05) is 53.4 Å². The first-order valence-electron chi connectivity index (χ1n) is 10.9. The fourth-order valence-electron chi connectivity index (χ4n) is 4.44. The Balaban J connectivity index is 1.38. The number of hydrogen-bond donors (Lipinski definition) is 1. The standard InChI is InChI=1S/C24H27N3O4/c28-22(24(8-9-24)19-4-2-1-3-5-19)27(13-12-26-11-10-25-23(26)29)17-18-6-7-20-21(16-18)31-15-14-30-20/h1-7,16H,8-15,17H2,(H,25,29). The van der Waals surface area contributed by atoms with Gasteiger partial charge in [0.25, 0.3) is 0 Å². The third kappa shape index (κ3) is 3.92. The monoisotopic (exact) mass is 421 g/mol. The molecular weight excluding hydrogens is 394 g/mol. The molecule has 0 spiro atoms. The summed E-state index contributed by atoms with van der Waals surface area (Å²) < 4.78 is 11.3. The maximum absolute atomic E-state index is 13.8. The molecule has 2 heterocycles. The van der Waals surface area contributed by atoms with Crippen LogP contribution in [0.15, 0.2) is 48.5 Å². The first-order valence-corrected chi connectivity index (χ1v) is 10.9. The molecule has 5 rings (SSSR count). The molecule has 2 fully saturated rings. The second-order valence-electron chi connectivity index (χ2n) is 8.37. The van der Waals surface area contributed by atoms with Crippen LogP contribution < -0.4 is 14.8 Å². The largest absolute Gasteiger partial charge is 0.486 e. The number of ether oxygens (including phenoxy) is 2. The Bertz CT molecular complexity index is 974. The van der Waals surface area contributed by atoms with Crippen molar-refractivity contribution in [1.82, 2.24) is 15.1 Å². The van der Waals surface area contributed by atoms with Gasteiger partial charge in [-0.15, -0.1) is 0 Å². The highest BCUT2D eigenvalue weighted by atomic mass is 16.6. The van der Waals surface area contributed by atoms with Crippen molar-refractivity contribution in [1.29, 1.82) is 0 Å². The van der Waals surface area contributed by atoms with Crippen LogP contribution in [0.25, 0.3) is 0 Å². The first-order chi connectivity index (χ1) is 15.2. The zero-order valence-corrected chi connectivity index (χ0v) is 17.5. The average molecular weight is 421 g/mol. The van der Waals surface area contributed by atoms with Crippen LogP contribution >= 0.6 is 0 Å². The molecule has 0 unspecified atom stereocenters. The normalized spacial score (nSPS) is 18.5. The van der Waals surface area contributed by atoms with Crippen LogP contribution in [-0.4, -0.2) is 61.1 Å². The van der Waals surface area contributed by atoms with Gasteiger partial charge in [-0.05, 0) is 36.1 Å². The zero-order valence-electron chi connectivity index (χ0n) is 17.5.